The van der Waals surface area contributed by atoms with E-state index in [2.05, 4.69) is 19.3 Å². The zero-order chi connectivity index (χ0) is 13.0. The summed E-state index contributed by atoms with van der Waals surface area (Å²) >= 11 is 0. The van der Waals surface area contributed by atoms with Gasteiger partial charge in [0.2, 0.25) is 0 Å². The van der Waals surface area contributed by atoms with Crippen molar-refractivity contribution in [2.45, 2.75) is 69.6 Å². The molecule has 0 aromatic heterocycles. The smallest absolute Gasteiger partial charge is 0.0698 e. The maximum atomic E-state index is 6.18. The van der Waals surface area contributed by atoms with Crippen LogP contribution < -0.4 is 5.32 Å². The molecule has 1 saturated carbocycles. The number of hydrogen-bond acceptors (Lipinski definition) is 3. The molecule has 3 atom stereocenters. The van der Waals surface area contributed by atoms with E-state index in [0.29, 0.717) is 12.0 Å². The fraction of sp³-hybridized carbons (Fsp3) is 1.00. The molecule has 0 bridgehead atoms. The molecular formula is C15H29NO2. The highest BCUT2D eigenvalue weighted by molar-refractivity contribution is 4.94. The van der Waals surface area contributed by atoms with Gasteiger partial charge in [0.25, 0.3) is 0 Å². The highest BCUT2D eigenvalue weighted by Gasteiger charge is 2.41. The molecule has 3 unspecified atom stereocenters. The fourth-order valence-electron chi connectivity index (χ4n) is 3.92. The standard InChI is InChI=1S/C15H29NO2/c1-12(17-3)14(16-2)13-7-10-18-15(11-13)8-5-4-6-9-15/h12-14,16H,4-11H2,1-3H3. The first-order valence-corrected chi connectivity index (χ1v) is 7.55. The highest BCUT2D eigenvalue weighted by atomic mass is 16.5. The van der Waals surface area contributed by atoms with Gasteiger partial charge in [-0.3, -0.25) is 0 Å². The van der Waals surface area contributed by atoms with E-state index < -0.39 is 0 Å². The lowest BCUT2D eigenvalue weighted by atomic mass is 9.73. The minimum absolute atomic E-state index is 0.198. The van der Waals surface area contributed by atoms with Crippen LogP contribution in [0.15, 0.2) is 0 Å². The maximum absolute atomic E-state index is 6.18. The molecule has 18 heavy (non-hydrogen) atoms. The molecule has 2 rings (SSSR count). The Morgan fingerprint density at radius 2 is 2.00 bits per heavy atom. The molecule has 2 fully saturated rings. The molecule has 1 saturated heterocycles. The van der Waals surface area contributed by atoms with Crippen LogP contribution in [0.1, 0.15) is 51.9 Å². The normalized spacial score (nSPS) is 31.2. The zero-order valence-electron chi connectivity index (χ0n) is 12.2. The zero-order valence-corrected chi connectivity index (χ0v) is 12.2. The van der Waals surface area contributed by atoms with Crippen molar-refractivity contribution in [3.8, 4) is 0 Å². The number of rotatable bonds is 4. The van der Waals surface area contributed by atoms with Crippen molar-refractivity contribution >= 4 is 0 Å². The third kappa shape index (κ3) is 3.06. The first kappa shape index (κ1) is 14.3. The number of hydrogen-bond donors (Lipinski definition) is 1. The molecule has 0 aromatic rings. The minimum atomic E-state index is 0.198. The van der Waals surface area contributed by atoms with Crippen molar-refractivity contribution in [2.75, 3.05) is 20.8 Å². The first-order chi connectivity index (χ1) is 8.71. The molecule has 1 aliphatic carbocycles. The van der Waals surface area contributed by atoms with Crippen molar-refractivity contribution in [3.63, 3.8) is 0 Å². The second kappa shape index (κ2) is 6.36. The van der Waals surface area contributed by atoms with Crippen LogP contribution in [-0.2, 0) is 9.47 Å². The third-order valence-corrected chi connectivity index (χ3v) is 5.01. The second-order valence-electron chi connectivity index (χ2n) is 6.10. The van der Waals surface area contributed by atoms with E-state index in [4.69, 9.17) is 9.47 Å². The molecule has 1 heterocycles. The molecule has 1 N–H and O–H groups in total. The van der Waals surface area contributed by atoms with Gasteiger partial charge in [-0.05, 0) is 45.6 Å². The number of likely N-dealkylation sites (N-methyl/N-ethyl adjacent to an activating group) is 1. The Bertz CT molecular complexity index is 245. The largest absolute Gasteiger partial charge is 0.380 e. The minimum Gasteiger partial charge on any atom is -0.380 e. The Balaban J connectivity index is 2.00. The van der Waals surface area contributed by atoms with Gasteiger partial charge in [-0.1, -0.05) is 19.3 Å². The second-order valence-corrected chi connectivity index (χ2v) is 6.10. The van der Waals surface area contributed by atoms with Gasteiger partial charge in [-0.15, -0.1) is 0 Å². The van der Waals surface area contributed by atoms with Gasteiger partial charge in [-0.25, -0.2) is 0 Å². The Kier molecular flexibility index (Phi) is 5.05. The predicted molar refractivity (Wildman–Crippen MR) is 73.8 cm³/mol. The van der Waals surface area contributed by atoms with E-state index >= 15 is 0 Å². The number of ether oxygens (including phenoxy) is 2. The summed E-state index contributed by atoms with van der Waals surface area (Å²) in [5.41, 5.74) is 0.198. The van der Waals surface area contributed by atoms with Gasteiger partial charge in [-0.2, -0.15) is 0 Å². The van der Waals surface area contributed by atoms with Gasteiger partial charge in [0.1, 0.15) is 0 Å². The Morgan fingerprint density at radius 3 is 2.61 bits per heavy atom. The summed E-state index contributed by atoms with van der Waals surface area (Å²) < 4.78 is 11.7. The Morgan fingerprint density at radius 1 is 1.28 bits per heavy atom. The first-order valence-electron chi connectivity index (χ1n) is 7.55. The van der Waals surface area contributed by atoms with Crippen LogP contribution in [-0.4, -0.2) is 38.5 Å². The molecule has 3 nitrogen and oxygen atoms in total. The van der Waals surface area contributed by atoms with Crippen LogP contribution in [0.5, 0.6) is 0 Å². The van der Waals surface area contributed by atoms with Crippen LogP contribution in [0.25, 0.3) is 0 Å². The van der Waals surface area contributed by atoms with Crippen LogP contribution in [0.4, 0.5) is 0 Å². The van der Waals surface area contributed by atoms with E-state index in [1.165, 1.54) is 44.9 Å². The van der Waals surface area contributed by atoms with Crippen molar-refractivity contribution in [1.82, 2.24) is 5.32 Å². The Hall–Kier alpha value is -0.120. The molecule has 3 heteroatoms. The number of nitrogens with one attached hydrogen (secondary N) is 1. The predicted octanol–water partition coefficient (Wildman–Crippen LogP) is 2.74. The van der Waals surface area contributed by atoms with Gasteiger partial charge in [0.05, 0.1) is 11.7 Å². The lowest BCUT2D eigenvalue weighted by molar-refractivity contribution is -0.127. The van der Waals surface area contributed by atoms with Gasteiger partial charge < -0.3 is 14.8 Å². The Labute approximate surface area is 112 Å². The SMILES string of the molecule is CNC(C1CCOC2(CCCCC2)C1)C(C)OC. The molecule has 0 radical (unpaired) electrons. The monoisotopic (exact) mass is 255 g/mol. The lowest BCUT2D eigenvalue weighted by Crippen LogP contribution is -2.50. The van der Waals surface area contributed by atoms with E-state index in [-0.39, 0.29) is 11.7 Å². The van der Waals surface area contributed by atoms with E-state index in [1.54, 1.807) is 0 Å². The van der Waals surface area contributed by atoms with Gasteiger partial charge >= 0.3 is 0 Å². The summed E-state index contributed by atoms with van der Waals surface area (Å²) in [4.78, 5) is 0. The topological polar surface area (TPSA) is 30.5 Å². The summed E-state index contributed by atoms with van der Waals surface area (Å²) in [5.74, 6) is 0.691. The van der Waals surface area contributed by atoms with Crippen LogP contribution >= 0.6 is 0 Å². The average molecular weight is 255 g/mol. The van der Waals surface area contributed by atoms with Crippen molar-refractivity contribution < 1.29 is 9.47 Å². The van der Waals surface area contributed by atoms with E-state index in [1.807, 2.05) is 7.11 Å². The molecule has 0 aromatic carbocycles. The summed E-state index contributed by atoms with van der Waals surface area (Å²) in [6.07, 6.45) is 9.27. The van der Waals surface area contributed by atoms with Gasteiger partial charge in [0.15, 0.2) is 0 Å². The maximum Gasteiger partial charge on any atom is 0.0698 e. The van der Waals surface area contributed by atoms with Crippen LogP contribution in [0.3, 0.4) is 0 Å². The summed E-state index contributed by atoms with van der Waals surface area (Å²) in [6, 6.07) is 0.456. The molecular weight excluding hydrogens is 226 g/mol. The highest BCUT2D eigenvalue weighted by Crippen LogP contribution is 2.41. The van der Waals surface area contributed by atoms with Crippen molar-refractivity contribution in [1.29, 1.82) is 0 Å². The average Bonchev–Trinajstić information content (AvgIpc) is 2.40. The van der Waals surface area contributed by atoms with Gasteiger partial charge in [0, 0.05) is 19.8 Å². The van der Waals surface area contributed by atoms with Crippen LogP contribution in [0.2, 0.25) is 0 Å². The summed E-state index contributed by atoms with van der Waals surface area (Å²) in [6.45, 7) is 3.10. The van der Waals surface area contributed by atoms with Crippen LogP contribution in [0, 0.1) is 5.92 Å². The summed E-state index contributed by atoms with van der Waals surface area (Å²) in [7, 11) is 3.87. The van der Waals surface area contributed by atoms with Crippen molar-refractivity contribution in [2.24, 2.45) is 5.92 Å². The van der Waals surface area contributed by atoms with E-state index in [9.17, 15) is 0 Å². The van der Waals surface area contributed by atoms with E-state index in [0.717, 1.165) is 6.61 Å². The molecule has 1 aliphatic heterocycles. The molecule has 2 aliphatic rings. The quantitative estimate of drug-likeness (QED) is 0.838. The van der Waals surface area contributed by atoms with Crippen molar-refractivity contribution in [3.05, 3.63) is 0 Å². The molecule has 0 amide bonds. The fourth-order valence-corrected chi connectivity index (χ4v) is 3.92. The third-order valence-electron chi connectivity index (χ3n) is 5.01. The lowest BCUT2D eigenvalue weighted by Gasteiger charge is -2.46. The molecule has 1 spiro atoms. The molecule has 106 valence electrons. The summed E-state index contributed by atoms with van der Waals surface area (Å²) in [5, 5.41) is 3.46. The number of methoxy groups -OCH3 is 1.